The summed E-state index contributed by atoms with van der Waals surface area (Å²) in [6.45, 7) is 10.9. The van der Waals surface area contributed by atoms with Crippen LogP contribution in [0, 0.1) is 0 Å². The van der Waals surface area contributed by atoms with Crippen molar-refractivity contribution in [2.45, 2.75) is 46.1 Å². The number of hydrogen-bond donors (Lipinski definition) is 1. The van der Waals surface area contributed by atoms with Gasteiger partial charge < -0.3 is 10.3 Å². The normalized spacial score (nSPS) is 12.7. The molecule has 0 amide bonds. The van der Waals surface area contributed by atoms with Crippen LogP contribution < -0.4 is 5.73 Å². The van der Waals surface area contributed by atoms with Crippen molar-refractivity contribution in [3.8, 4) is 0 Å². The van der Waals surface area contributed by atoms with Crippen LogP contribution in [0.25, 0.3) is 0 Å². The van der Waals surface area contributed by atoms with Crippen LogP contribution in [0.1, 0.15) is 44.6 Å². The van der Waals surface area contributed by atoms with Gasteiger partial charge in [-0.25, -0.2) is 4.98 Å². The Morgan fingerprint density at radius 1 is 1.53 bits per heavy atom. The summed E-state index contributed by atoms with van der Waals surface area (Å²) in [5.74, 6) is 2.30. The van der Waals surface area contributed by atoms with Gasteiger partial charge in [-0.1, -0.05) is 26.8 Å². The second-order valence-electron chi connectivity index (χ2n) is 3.86. The summed E-state index contributed by atoms with van der Waals surface area (Å²) >= 11 is 0. The zero-order valence-electron chi connectivity index (χ0n) is 9.95. The Labute approximate surface area is 92.0 Å². The molecule has 0 fully saturated rings. The summed E-state index contributed by atoms with van der Waals surface area (Å²) in [5.41, 5.74) is 7.13. The van der Waals surface area contributed by atoms with Crippen LogP contribution in [0.5, 0.6) is 0 Å². The molecule has 0 aliphatic carbocycles. The van der Waals surface area contributed by atoms with Crippen molar-refractivity contribution in [3.05, 3.63) is 24.2 Å². The van der Waals surface area contributed by atoms with Gasteiger partial charge in [-0.05, 0) is 6.42 Å². The highest BCUT2D eigenvalue weighted by Gasteiger charge is 2.16. The lowest BCUT2D eigenvalue weighted by Crippen LogP contribution is -2.06. The molecule has 1 aromatic heterocycles. The van der Waals surface area contributed by atoms with E-state index in [1.54, 1.807) is 0 Å². The number of aromatic nitrogens is 2. The van der Waals surface area contributed by atoms with Crippen LogP contribution >= 0.6 is 0 Å². The van der Waals surface area contributed by atoms with E-state index in [-0.39, 0.29) is 0 Å². The van der Waals surface area contributed by atoms with E-state index in [2.05, 4.69) is 36.9 Å². The third-order valence-electron chi connectivity index (χ3n) is 2.82. The van der Waals surface area contributed by atoms with E-state index >= 15 is 0 Å². The third-order valence-corrected chi connectivity index (χ3v) is 2.82. The minimum Gasteiger partial charge on any atom is -0.384 e. The van der Waals surface area contributed by atoms with E-state index in [9.17, 15) is 0 Å². The van der Waals surface area contributed by atoms with Crippen LogP contribution in [-0.2, 0) is 13.0 Å². The second-order valence-corrected chi connectivity index (χ2v) is 3.86. The first-order valence-corrected chi connectivity index (χ1v) is 5.61. The molecule has 1 aromatic rings. The maximum Gasteiger partial charge on any atom is 0.127 e. The van der Waals surface area contributed by atoms with Crippen molar-refractivity contribution in [2.75, 3.05) is 5.73 Å². The molecular weight excluding hydrogens is 186 g/mol. The summed E-state index contributed by atoms with van der Waals surface area (Å²) in [6, 6.07) is 0. The number of nitrogens with zero attached hydrogens (tertiary/aromatic N) is 2. The number of imidazole rings is 1. The minimum absolute atomic E-state index is 0.432. The molecule has 84 valence electrons. The van der Waals surface area contributed by atoms with Gasteiger partial charge in [0.2, 0.25) is 0 Å². The van der Waals surface area contributed by atoms with Crippen LogP contribution in [0.4, 0.5) is 5.82 Å². The molecule has 3 nitrogen and oxygen atoms in total. The molecular formula is C12H21N3. The van der Waals surface area contributed by atoms with E-state index in [1.165, 1.54) is 0 Å². The second kappa shape index (κ2) is 5.01. The van der Waals surface area contributed by atoms with Crippen molar-refractivity contribution >= 4 is 5.82 Å². The fraction of sp³-hybridized carbons (Fsp3) is 0.583. The Hall–Kier alpha value is -1.25. The Morgan fingerprint density at radius 3 is 2.67 bits per heavy atom. The topological polar surface area (TPSA) is 43.8 Å². The standard InChI is InChI=1S/C12H21N3/c1-5-8-15-10(7-3)14-11(12(15)13)9(4)6-2/h5,9H,1,6-8,13H2,2-4H3. The molecule has 3 heteroatoms. The van der Waals surface area contributed by atoms with Crippen molar-refractivity contribution in [2.24, 2.45) is 0 Å². The number of anilines is 1. The van der Waals surface area contributed by atoms with Gasteiger partial charge in [0.15, 0.2) is 0 Å². The first kappa shape index (κ1) is 11.8. The summed E-state index contributed by atoms with van der Waals surface area (Å²) in [5, 5.41) is 0. The summed E-state index contributed by atoms with van der Waals surface area (Å²) < 4.78 is 2.05. The van der Waals surface area contributed by atoms with Gasteiger partial charge in [0.05, 0.1) is 5.69 Å². The van der Waals surface area contributed by atoms with Gasteiger partial charge in [-0.3, -0.25) is 0 Å². The van der Waals surface area contributed by atoms with Crippen molar-refractivity contribution in [1.82, 2.24) is 9.55 Å². The van der Waals surface area contributed by atoms with E-state index in [0.717, 1.165) is 36.7 Å². The number of aryl methyl sites for hydroxylation is 1. The molecule has 1 atom stereocenters. The number of allylic oxidation sites excluding steroid dienone is 1. The highest BCUT2D eigenvalue weighted by Crippen LogP contribution is 2.25. The Morgan fingerprint density at radius 2 is 2.20 bits per heavy atom. The SMILES string of the molecule is C=CCn1c(CC)nc(C(C)CC)c1N. The molecule has 0 bridgehead atoms. The van der Waals surface area contributed by atoms with E-state index in [4.69, 9.17) is 5.73 Å². The lowest BCUT2D eigenvalue weighted by Gasteiger charge is -2.07. The van der Waals surface area contributed by atoms with E-state index < -0.39 is 0 Å². The molecule has 2 N–H and O–H groups in total. The zero-order chi connectivity index (χ0) is 11.4. The Bertz CT molecular complexity index is 339. The van der Waals surface area contributed by atoms with Gasteiger partial charge in [0.25, 0.3) is 0 Å². The van der Waals surface area contributed by atoms with Crippen molar-refractivity contribution < 1.29 is 0 Å². The highest BCUT2D eigenvalue weighted by molar-refractivity contribution is 5.40. The number of nitrogens with two attached hydrogens (primary N) is 1. The van der Waals surface area contributed by atoms with Crippen LogP contribution in [0.3, 0.4) is 0 Å². The molecule has 0 aliphatic heterocycles. The predicted molar refractivity (Wildman–Crippen MR) is 64.9 cm³/mol. The van der Waals surface area contributed by atoms with Gasteiger partial charge in [-0.2, -0.15) is 0 Å². The first-order valence-electron chi connectivity index (χ1n) is 5.61. The van der Waals surface area contributed by atoms with Crippen LogP contribution in [-0.4, -0.2) is 9.55 Å². The van der Waals surface area contributed by atoms with E-state index in [1.807, 2.05) is 6.08 Å². The summed E-state index contributed by atoms with van der Waals surface area (Å²) in [7, 11) is 0. The minimum atomic E-state index is 0.432. The zero-order valence-corrected chi connectivity index (χ0v) is 9.95. The largest absolute Gasteiger partial charge is 0.384 e. The molecule has 15 heavy (non-hydrogen) atoms. The smallest absolute Gasteiger partial charge is 0.127 e. The Balaban J connectivity index is 3.14. The van der Waals surface area contributed by atoms with E-state index in [0.29, 0.717) is 5.92 Å². The molecule has 1 rings (SSSR count). The molecule has 1 heterocycles. The molecule has 1 unspecified atom stereocenters. The van der Waals surface area contributed by atoms with Crippen LogP contribution in [0.15, 0.2) is 12.7 Å². The number of hydrogen-bond acceptors (Lipinski definition) is 2. The maximum atomic E-state index is 6.09. The number of rotatable bonds is 5. The molecule has 0 aliphatic rings. The average molecular weight is 207 g/mol. The third kappa shape index (κ3) is 2.22. The lowest BCUT2D eigenvalue weighted by atomic mass is 10.1. The average Bonchev–Trinajstić information content (AvgIpc) is 2.56. The summed E-state index contributed by atoms with van der Waals surface area (Å²) in [4.78, 5) is 4.61. The lowest BCUT2D eigenvalue weighted by molar-refractivity contribution is 0.712. The predicted octanol–water partition coefficient (Wildman–Crippen LogP) is 2.73. The molecule has 0 saturated heterocycles. The monoisotopic (exact) mass is 207 g/mol. The van der Waals surface area contributed by atoms with Gasteiger partial charge in [0, 0.05) is 18.9 Å². The van der Waals surface area contributed by atoms with Gasteiger partial charge in [0.1, 0.15) is 11.6 Å². The summed E-state index contributed by atoms with van der Waals surface area (Å²) in [6.07, 6.45) is 3.84. The van der Waals surface area contributed by atoms with Gasteiger partial charge in [-0.15, -0.1) is 6.58 Å². The maximum absolute atomic E-state index is 6.09. The molecule has 0 spiro atoms. The fourth-order valence-electron chi connectivity index (χ4n) is 1.69. The Kier molecular flexibility index (Phi) is 3.95. The first-order chi connectivity index (χ1) is 7.15. The van der Waals surface area contributed by atoms with Gasteiger partial charge >= 0.3 is 0 Å². The van der Waals surface area contributed by atoms with Crippen LogP contribution in [0.2, 0.25) is 0 Å². The molecule has 0 radical (unpaired) electrons. The number of nitrogen functional groups attached to an aromatic ring is 1. The highest BCUT2D eigenvalue weighted by atomic mass is 15.1. The molecule has 0 saturated carbocycles. The quantitative estimate of drug-likeness (QED) is 0.754. The van der Waals surface area contributed by atoms with Crippen molar-refractivity contribution in [3.63, 3.8) is 0 Å². The van der Waals surface area contributed by atoms with Crippen molar-refractivity contribution in [1.29, 1.82) is 0 Å². The molecule has 0 aromatic carbocycles. The fourth-order valence-corrected chi connectivity index (χ4v) is 1.69.